The molecule has 1 saturated heterocycles. The molecule has 1 heterocycles. The van der Waals surface area contributed by atoms with Crippen LogP contribution >= 0.6 is 23.2 Å². The molecule has 0 saturated carbocycles. The van der Waals surface area contributed by atoms with Crippen molar-refractivity contribution in [1.82, 2.24) is 4.90 Å². The first-order chi connectivity index (χ1) is 15.6. The summed E-state index contributed by atoms with van der Waals surface area (Å²) in [5.74, 6) is -0.674. The normalized spacial score (nSPS) is 17.8. The van der Waals surface area contributed by atoms with Gasteiger partial charge in [-0.05, 0) is 54.3 Å². The number of benzene rings is 2. The van der Waals surface area contributed by atoms with Crippen molar-refractivity contribution in [2.75, 3.05) is 26.9 Å². The highest BCUT2D eigenvalue weighted by Gasteiger charge is 2.46. The quantitative estimate of drug-likeness (QED) is 0.303. The summed E-state index contributed by atoms with van der Waals surface area (Å²) in [6.45, 7) is 6.94. The van der Waals surface area contributed by atoms with Crippen molar-refractivity contribution in [2.24, 2.45) is 5.92 Å². The Morgan fingerprint density at radius 2 is 1.85 bits per heavy atom. The molecule has 0 unspecified atom stereocenters. The first-order valence-corrected chi connectivity index (χ1v) is 11.4. The van der Waals surface area contributed by atoms with Crippen LogP contribution in [0.3, 0.4) is 0 Å². The molecule has 0 bridgehead atoms. The van der Waals surface area contributed by atoms with E-state index < -0.39 is 17.7 Å². The molecular formula is C25H27Cl2NO5. The molecule has 1 fully saturated rings. The van der Waals surface area contributed by atoms with E-state index in [-0.39, 0.29) is 29.5 Å². The molecule has 2 aromatic carbocycles. The Kier molecular flexibility index (Phi) is 8.05. The first kappa shape index (κ1) is 25.1. The summed E-state index contributed by atoms with van der Waals surface area (Å²) < 4.78 is 10.9. The molecule has 0 radical (unpaired) electrons. The molecule has 1 N–H and O–H groups in total. The lowest BCUT2D eigenvalue weighted by Crippen LogP contribution is -2.32. The summed E-state index contributed by atoms with van der Waals surface area (Å²) in [6, 6.07) is 9.22. The fraction of sp³-hybridized carbons (Fsp3) is 0.360. The van der Waals surface area contributed by atoms with Gasteiger partial charge in [0.15, 0.2) is 0 Å². The van der Waals surface area contributed by atoms with Crippen molar-refractivity contribution in [2.45, 2.75) is 26.8 Å². The fourth-order valence-corrected chi connectivity index (χ4v) is 4.01. The Morgan fingerprint density at radius 3 is 2.45 bits per heavy atom. The smallest absolute Gasteiger partial charge is 0.295 e. The number of aliphatic hydroxyl groups excluding tert-OH is 1. The maximum absolute atomic E-state index is 13.0. The van der Waals surface area contributed by atoms with Gasteiger partial charge in [-0.15, -0.1) is 0 Å². The third-order valence-electron chi connectivity index (χ3n) is 5.36. The number of carbonyl (C=O) groups is 2. The lowest BCUT2D eigenvalue weighted by atomic mass is 9.95. The number of halogens is 2. The number of nitrogens with zero attached hydrogens (tertiary/aromatic N) is 1. The Bertz CT molecular complexity index is 1100. The van der Waals surface area contributed by atoms with Crippen LogP contribution in [-0.4, -0.2) is 48.6 Å². The molecule has 3 rings (SSSR count). The molecule has 0 aromatic heterocycles. The molecule has 176 valence electrons. The highest BCUT2D eigenvalue weighted by molar-refractivity contribution is 6.46. The van der Waals surface area contributed by atoms with Gasteiger partial charge >= 0.3 is 0 Å². The second-order valence-corrected chi connectivity index (χ2v) is 9.16. The molecule has 2 aromatic rings. The Hall–Kier alpha value is -2.54. The topological polar surface area (TPSA) is 76.1 Å². The molecule has 0 spiro atoms. The number of aryl methyl sites for hydroxylation is 1. The predicted molar refractivity (Wildman–Crippen MR) is 129 cm³/mol. The van der Waals surface area contributed by atoms with Crippen molar-refractivity contribution in [3.8, 4) is 5.75 Å². The average Bonchev–Trinajstić information content (AvgIpc) is 3.02. The van der Waals surface area contributed by atoms with Crippen LogP contribution in [0.5, 0.6) is 5.75 Å². The molecule has 1 atom stereocenters. The third kappa shape index (κ3) is 5.35. The highest BCUT2D eigenvalue weighted by Crippen LogP contribution is 2.41. The van der Waals surface area contributed by atoms with Crippen molar-refractivity contribution >= 4 is 40.7 Å². The second kappa shape index (κ2) is 10.6. The number of Topliss-reactive ketones (excluding diaryl/α,β-unsaturated/α-hetero) is 1. The minimum absolute atomic E-state index is 0.00950. The van der Waals surface area contributed by atoms with Gasteiger partial charge in [-0.25, -0.2) is 0 Å². The molecular weight excluding hydrogens is 465 g/mol. The predicted octanol–water partition coefficient (Wildman–Crippen LogP) is 5.40. The largest absolute Gasteiger partial charge is 0.507 e. The maximum Gasteiger partial charge on any atom is 0.295 e. The van der Waals surface area contributed by atoms with Gasteiger partial charge in [0.05, 0.1) is 34.9 Å². The van der Waals surface area contributed by atoms with Gasteiger partial charge in [0.25, 0.3) is 11.7 Å². The van der Waals surface area contributed by atoms with Crippen molar-refractivity contribution < 1.29 is 24.2 Å². The number of hydrogen-bond donors (Lipinski definition) is 1. The first-order valence-electron chi connectivity index (χ1n) is 10.6. The van der Waals surface area contributed by atoms with E-state index in [0.29, 0.717) is 34.4 Å². The number of carbonyl (C=O) groups excluding carboxylic acids is 2. The van der Waals surface area contributed by atoms with Crippen molar-refractivity contribution in [3.63, 3.8) is 0 Å². The molecule has 6 nitrogen and oxygen atoms in total. The number of hydrogen-bond acceptors (Lipinski definition) is 5. The lowest BCUT2D eigenvalue weighted by molar-refractivity contribution is -0.140. The van der Waals surface area contributed by atoms with Crippen LogP contribution < -0.4 is 4.74 Å². The lowest BCUT2D eigenvalue weighted by Gasteiger charge is -2.25. The van der Waals surface area contributed by atoms with Crippen LogP contribution in [-0.2, 0) is 14.3 Å². The van der Waals surface area contributed by atoms with Gasteiger partial charge < -0.3 is 19.5 Å². The Labute approximate surface area is 203 Å². The number of ketones is 1. The van der Waals surface area contributed by atoms with Gasteiger partial charge in [0.2, 0.25) is 0 Å². The molecule has 1 aliphatic heterocycles. The zero-order chi connectivity index (χ0) is 24.3. The van der Waals surface area contributed by atoms with Crippen LogP contribution in [0.2, 0.25) is 10.0 Å². The molecule has 0 aliphatic carbocycles. The Morgan fingerprint density at radius 1 is 1.12 bits per heavy atom. The zero-order valence-corrected chi connectivity index (χ0v) is 20.5. The Balaban J connectivity index is 2.10. The zero-order valence-electron chi connectivity index (χ0n) is 19.0. The summed E-state index contributed by atoms with van der Waals surface area (Å²) in [6.07, 6.45) is 0. The van der Waals surface area contributed by atoms with Crippen LogP contribution in [0, 0.1) is 12.8 Å². The number of ether oxygens (including phenoxy) is 2. The highest BCUT2D eigenvalue weighted by atomic mass is 35.5. The number of methoxy groups -OCH3 is 1. The third-order valence-corrected chi connectivity index (χ3v) is 6.10. The number of aliphatic hydroxyl groups is 1. The van der Waals surface area contributed by atoms with Gasteiger partial charge in [-0.2, -0.15) is 0 Å². The molecule has 1 aliphatic rings. The summed E-state index contributed by atoms with van der Waals surface area (Å²) in [7, 11) is 1.51. The summed E-state index contributed by atoms with van der Waals surface area (Å²) >= 11 is 12.3. The van der Waals surface area contributed by atoms with E-state index in [1.807, 2.05) is 6.92 Å². The van der Waals surface area contributed by atoms with Gasteiger partial charge in [-0.3, -0.25) is 9.59 Å². The van der Waals surface area contributed by atoms with E-state index in [9.17, 15) is 14.7 Å². The number of rotatable bonds is 8. The minimum atomic E-state index is -0.827. The van der Waals surface area contributed by atoms with Crippen LogP contribution in [0.15, 0.2) is 42.0 Å². The molecule has 1 amide bonds. The van der Waals surface area contributed by atoms with Gasteiger partial charge in [-0.1, -0.05) is 43.1 Å². The van der Waals surface area contributed by atoms with E-state index in [1.54, 1.807) is 36.4 Å². The van der Waals surface area contributed by atoms with Gasteiger partial charge in [0.1, 0.15) is 11.5 Å². The van der Waals surface area contributed by atoms with Crippen molar-refractivity contribution in [1.29, 1.82) is 0 Å². The van der Waals surface area contributed by atoms with Crippen LogP contribution in [0.25, 0.3) is 5.76 Å². The van der Waals surface area contributed by atoms with Crippen LogP contribution in [0.1, 0.15) is 36.6 Å². The SMILES string of the molecule is COCCN1C(=O)C(=O)C(=C(O)c2ccc(OCC(C)C)c(C)c2)[C@@H]1c1ccc(Cl)c(Cl)c1. The monoisotopic (exact) mass is 491 g/mol. The number of likely N-dealkylation sites (tertiary alicyclic amines) is 1. The number of amides is 1. The summed E-state index contributed by atoms with van der Waals surface area (Å²) in [5, 5.41) is 11.8. The average molecular weight is 492 g/mol. The van der Waals surface area contributed by atoms with Crippen LogP contribution in [0.4, 0.5) is 0 Å². The molecule has 33 heavy (non-hydrogen) atoms. The maximum atomic E-state index is 13.0. The fourth-order valence-electron chi connectivity index (χ4n) is 3.70. The van der Waals surface area contributed by atoms with E-state index in [2.05, 4.69) is 13.8 Å². The minimum Gasteiger partial charge on any atom is -0.507 e. The molecule has 8 heteroatoms. The van der Waals surface area contributed by atoms with E-state index in [4.69, 9.17) is 32.7 Å². The summed E-state index contributed by atoms with van der Waals surface area (Å²) in [4.78, 5) is 27.3. The van der Waals surface area contributed by atoms with E-state index in [1.165, 1.54) is 12.0 Å². The summed E-state index contributed by atoms with van der Waals surface area (Å²) in [5.41, 5.74) is 1.78. The van der Waals surface area contributed by atoms with Gasteiger partial charge in [0, 0.05) is 19.2 Å². The van der Waals surface area contributed by atoms with E-state index >= 15 is 0 Å². The second-order valence-electron chi connectivity index (χ2n) is 8.34. The van der Waals surface area contributed by atoms with E-state index in [0.717, 1.165) is 5.56 Å². The van der Waals surface area contributed by atoms with Crippen molar-refractivity contribution in [3.05, 3.63) is 68.7 Å². The standard InChI is InChI=1S/C25H27Cl2NO5/c1-14(2)13-33-20-8-6-17(11-15(20)3)23(29)21-22(16-5-7-18(26)19(27)12-16)28(9-10-32-4)25(31)24(21)30/h5-8,11-12,14,22,29H,9-10,13H2,1-4H3/t22-/m0/s1.